The Balaban J connectivity index is 2.01. The van der Waals surface area contributed by atoms with Gasteiger partial charge in [0.05, 0.1) is 10.6 Å². The van der Waals surface area contributed by atoms with E-state index >= 15 is 0 Å². The van der Waals surface area contributed by atoms with Crippen LogP contribution >= 0.6 is 27.5 Å². The lowest BCUT2D eigenvalue weighted by molar-refractivity contribution is -0.116. The summed E-state index contributed by atoms with van der Waals surface area (Å²) < 4.78 is 6.73. The van der Waals surface area contributed by atoms with Crippen molar-refractivity contribution in [2.24, 2.45) is 5.41 Å². The number of aliphatic hydroxyl groups excluding tert-OH is 1. The first-order chi connectivity index (χ1) is 12.7. The molecule has 0 saturated carbocycles. The van der Waals surface area contributed by atoms with E-state index in [2.05, 4.69) is 15.9 Å². The van der Waals surface area contributed by atoms with Gasteiger partial charge in [-0.15, -0.1) is 0 Å². The number of halogens is 2. The van der Waals surface area contributed by atoms with Crippen molar-refractivity contribution in [3.05, 3.63) is 62.8 Å². The second kappa shape index (κ2) is 7.69. The first-order valence-corrected chi connectivity index (χ1v) is 10.1. The smallest absolute Gasteiger partial charge is 0.167 e. The normalized spacial score (nSPS) is 16.6. The van der Waals surface area contributed by atoms with Gasteiger partial charge in [0.1, 0.15) is 17.3 Å². The average molecular weight is 450 g/mol. The third-order valence-electron chi connectivity index (χ3n) is 4.71. The fourth-order valence-corrected chi connectivity index (χ4v) is 3.85. The molecule has 0 amide bonds. The number of ether oxygens (including phenoxy) is 1. The van der Waals surface area contributed by atoms with Gasteiger partial charge in [0.2, 0.25) is 0 Å². The summed E-state index contributed by atoms with van der Waals surface area (Å²) in [5.41, 5.74) is 1.95. The summed E-state index contributed by atoms with van der Waals surface area (Å²) in [6.07, 6.45) is 1.67. The van der Waals surface area contributed by atoms with Crippen LogP contribution in [-0.4, -0.2) is 10.9 Å². The van der Waals surface area contributed by atoms with Gasteiger partial charge in [0.15, 0.2) is 5.78 Å². The summed E-state index contributed by atoms with van der Waals surface area (Å²) in [6, 6.07) is 11.0. The number of ketones is 1. The van der Waals surface area contributed by atoms with Crippen molar-refractivity contribution >= 4 is 38.9 Å². The van der Waals surface area contributed by atoms with Crippen molar-refractivity contribution in [2.45, 2.75) is 40.0 Å². The molecule has 1 aliphatic rings. The third-order valence-corrected chi connectivity index (χ3v) is 5.94. The molecule has 2 aromatic rings. The highest BCUT2D eigenvalue weighted by atomic mass is 79.9. The van der Waals surface area contributed by atoms with Crippen LogP contribution in [0, 0.1) is 5.41 Å². The lowest BCUT2D eigenvalue weighted by Gasteiger charge is -2.30. The number of allylic oxidation sites excluding steroid dienone is 2. The van der Waals surface area contributed by atoms with E-state index in [4.69, 9.17) is 16.3 Å². The molecule has 0 fully saturated rings. The largest absolute Gasteiger partial charge is 0.512 e. The van der Waals surface area contributed by atoms with E-state index in [1.807, 2.05) is 51.1 Å². The fourth-order valence-electron chi connectivity index (χ4n) is 3.43. The topological polar surface area (TPSA) is 46.5 Å². The van der Waals surface area contributed by atoms with E-state index in [-0.39, 0.29) is 17.0 Å². The van der Waals surface area contributed by atoms with Crippen molar-refractivity contribution in [1.29, 1.82) is 0 Å². The SMILES string of the molecule is CCc1ccc(Oc2ccc(Br)c(Cl)c2)cc1C1=C(O)CC(C)(C)CC1=O. The molecule has 1 aliphatic carbocycles. The van der Waals surface area contributed by atoms with Gasteiger partial charge in [0.25, 0.3) is 0 Å². The van der Waals surface area contributed by atoms with Crippen molar-refractivity contribution in [3.63, 3.8) is 0 Å². The Morgan fingerprint density at radius 3 is 2.44 bits per heavy atom. The predicted molar refractivity (Wildman–Crippen MR) is 113 cm³/mol. The number of aliphatic hydroxyl groups is 1. The maximum absolute atomic E-state index is 12.8. The van der Waals surface area contributed by atoms with Crippen LogP contribution in [0.5, 0.6) is 11.5 Å². The number of hydrogen-bond donors (Lipinski definition) is 1. The van der Waals surface area contributed by atoms with Crippen molar-refractivity contribution in [2.75, 3.05) is 0 Å². The molecular weight excluding hydrogens is 428 g/mol. The molecule has 142 valence electrons. The molecule has 0 saturated heterocycles. The minimum Gasteiger partial charge on any atom is -0.512 e. The second-order valence-electron chi connectivity index (χ2n) is 7.61. The van der Waals surface area contributed by atoms with Crippen LogP contribution in [0.2, 0.25) is 5.02 Å². The Bertz CT molecular complexity index is 931. The Hall–Kier alpha value is -1.78. The van der Waals surface area contributed by atoms with E-state index in [0.717, 1.165) is 22.0 Å². The highest BCUT2D eigenvalue weighted by molar-refractivity contribution is 9.10. The number of hydrogen-bond acceptors (Lipinski definition) is 3. The maximum Gasteiger partial charge on any atom is 0.167 e. The highest BCUT2D eigenvalue weighted by Crippen LogP contribution is 2.41. The van der Waals surface area contributed by atoms with Crippen LogP contribution in [0.1, 0.15) is 44.7 Å². The number of carbonyl (C=O) groups is 1. The fraction of sp³-hybridized carbons (Fsp3) is 0.318. The molecule has 0 radical (unpaired) electrons. The summed E-state index contributed by atoms with van der Waals surface area (Å²) in [5, 5.41) is 11.1. The van der Waals surface area contributed by atoms with Crippen molar-refractivity contribution < 1.29 is 14.6 Å². The molecule has 0 aliphatic heterocycles. The van der Waals surface area contributed by atoms with Gasteiger partial charge in [-0.25, -0.2) is 0 Å². The van der Waals surface area contributed by atoms with Gasteiger partial charge in [-0.1, -0.05) is 38.4 Å². The Labute approximate surface area is 173 Å². The van der Waals surface area contributed by atoms with Crippen LogP contribution in [0.25, 0.3) is 5.57 Å². The van der Waals surface area contributed by atoms with E-state index in [1.165, 1.54) is 0 Å². The van der Waals surface area contributed by atoms with Crippen LogP contribution in [0.4, 0.5) is 0 Å². The summed E-state index contributed by atoms with van der Waals surface area (Å²) in [5.74, 6) is 1.34. The molecule has 0 bridgehead atoms. The maximum atomic E-state index is 12.8. The molecule has 3 nitrogen and oxygen atoms in total. The van der Waals surface area contributed by atoms with Gasteiger partial charge in [-0.05, 0) is 63.2 Å². The van der Waals surface area contributed by atoms with E-state index < -0.39 is 0 Å². The Kier molecular flexibility index (Phi) is 5.68. The molecule has 5 heteroatoms. The van der Waals surface area contributed by atoms with Crippen LogP contribution < -0.4 is 4.74 Å². The number of benzene rings is 2. The monoisotopic (exact) mass is 448 g/mol. The van der Waals surface area contributed by atoms with Gasteiger partial charge in [-0.3, -0.25) is 4.79 Å². The van der Waals surface area contributed by atoms with E-state index in [0.29, 0.717) is 34.9 Å². The molecule has 27 heavy (non-hydrogen) atoms. The molecule has 0 spiro atoms. The van der Waals surface area contributed by atoms with Crippen molar-refractivity contribution in [3.8, 4) is 11.5 Å². The van der Waals surface area contributed by atoms with Crippen molar-refractivity contribution in [1.82, 2.24) is 0 Å². The Morgan fingerprint density at radius 2 is 1.81 bits per heavy atom. The first kappa shape index (κ1) is 20.0. The molecule has 2 aromatic carbocycles. The molecule has 0 unspecified atom stereocenters. The molecule has 3 rings (SSSR count). The lowest BCUT2D eigenvalue weighted by Crippen LogP contribution is -2.25. The first-order valence-electron chi connectivity index (χ1n) is 8.91. The third kappa shape index (κ3) is 4.39. The highest BCUT2D eigenvalue weighted by Gasteiger charge is 2.34. The summed E-state index contributed by atoms with van der Waals surface area (Å²) >= 11 is 9.49. The van der Waals surface area contributed by atoms with E-state index in [1.54, 1.807) is 6.07 Å². The molecule has 0 heterocycles. The summed E-state index contributed by atoms with van der Waals surface area (Å²) in [4.78, 5) is 12.8. The zero-order chi connectivity index (χ0) is 19.8. The van der Waals surface area contributed by atoms with Crippen LogP contribution in [0.15, 0.2) is 46.6 Å². The second-order valence-corrected chi connectivity index (χ2v) is 8.87. The average Bonchev–Trinajstić information content (AvgIpc) is 2.57. The lowest BCUT2D eigenvalue weighted by atomic mass is 9.74. The minimum atomic E-state index is -0.223. The predicted octanol–water partition coefficient (Wildman–Crippen LogP) is 7.12. The van der Waals surface area contributed by atoms with Gasteiger partial charge < -0.3 is 9.84 Å². The zero-order valence-corrected chi connectivity index (χ0v) is 17.9. The van der Waals surface area contributed by atoms with Gasteiger partial charge in [0, 0.05) is 23.4 Å². The molecule has 1 N–H and O–H groups in total. The van der Waals surface area contributed by atoms with Gasteiger partial charge >= 0.3 is 0 Å². The molecule has 0 aromatic heterocycles. The standard InChI is InChI=1S/C22H22BrClO3/c1-4-13-5-6-14(27-15-7-8-17(23)18(24)10-15)9-16(13)21-19(25)11-22(2,3)12-20(21)26/h5-10,25H,4,11-12H2,1-3H3. The minimum absolute atomic E-state index is 0.0257. The zero-order valence-electron chi connectivity index (χ0n) is 15.6. The molecular formula is C22H22BrClO3. The number of carbonyl (C=O) groups excluding carboxylic acids is 1. The molecule has 0 atom stereocenters. The van der Waals surface area contributed by atoms with E-state index in [9.17, 15) is 9.90 Å². The van der Waals surface area contributed by atoms with Gasteiger partial charge in [-0.2, -0.15) is 0 Å². The number of aryl methyl sites for hydroxylation is 1. The Morgan fingerprint density at radius 1 is 1.15 bits per heavy atom. The van der Waals surface area contributed by atoms with Crippen LogP contribution in [-0.2, 0) is 11.2 Å². The summed E-state index contributed by atoms with van der Waals surface area (Å²) in [7, 11) is 0. The quantitative estimate of drug-likeness (QED) is 0.540. The van der Waals surface area contributed by atoms with Crippen LogP contribution in [0.3, 0.4) is 0 Å². The number of Topliss-reactive ketones (excluding diaryl/α,β-unsaturated/α-hetero) is 1. The number of rotatable bonds is 4. The summed E-state index contributed by atoms with van der Waals surface area (Å²) in [6.45, 7) is 6.02.